The summed E-state index contributed by atoms with van der Waals surface area (Å²) < 4.78 is 27.7. The number of hydrogen-bond acceptors (Lipinski definition) is 7. The van der Waals surface area contributed by atoms with Gasteiger partial charge in [0, 0.05) is 6.07 Å². The SMILES string of the molecule is COc1ccc(Oc2coc3cc(OC(C)C(=O)OC4CCCCC4)ccc3c2=O)cc1. The van der Waals surface area contributed by atoms with Crippen molar-refractivity contribution in [2.45, 2.75) is 51.2 Å². The van der Waals surface area contributed by atoms with E-state index in [0.29, 0.717) is 28.2 Å². The van der Waals surface area contributed by atoms with E-state index in [1.165, 1.54) is 12.7 Å². The molecule has 1 saturated carbocycles. The van der Waals surface area contributed by atoms with Gasteiger partial charge in [-0.05, 0) is 69.0 Å². The zero-order valence-corrected chi connectivity index (χ0v) is 18.2. The predicted octanol–water partition coefficient (Wildman–Crippen LogP) is 5.24. The monoisotopic (exact) mass is 438 g/mol. The Morgan fingerprint density at radius 3 is 2.41 bits per heavy atom. The van der Waals surface area contributed by atoms with Crippen molar-refractivity contribution in [2.75, 3.05) is 7.11 Å². The molecule has 7 heteroatoms. The van der Waals surface area contributed by atoms with Crippen molar-refractivity contribution in [3.05, 3.63) is 59.0 Å². The van der Waals surface area contributed by atoms with Crippen LogP contribution in [0.15, 0.2) is 57.9 Å². The highest BCUT2D eigenvalue weighted by atomic mass is 16.6. The average Bonchev–Trinajstić information content (AvgIpc) is 2.82. The maximum absolute atomic E-state index is 12.8. The summed E-state index contributed by atoms with van der Waals surface area (Å²) in [5.74, 6) is 1.27. The van der Waals surface area contributed by atoms with Crippen LogP contribution in [-0.2, 0) is 9.53 Å². The lowest BCUT2D eigenvalue weighted by atomic mass is 9.98. The first-order chi connectivity index (χ1) is 15.5. The number of ether oxygens (including phenoxy) is 4. The van der Waals surface area contributed by atoms with E-state index in [1.807, 2.05) is 0 Å². The van der Waals surface area contributed by atoms with E-state index in [2.05, 4.69) is 0 Å². The minimum Gasteiger partial charge on any atom is -0.497 e. The van der Waals surface area contributed by atoms with Crippen LogP contribution in [-0.4, -0.2) is 25.3 Å². The number of rotatable bonds is 7. The number of carbonyl (C=O) groups is 1. The van der Waals surface area contributed by atoms with Crippen LogP contribution in [0.3, 0.4) is 0 Å². The van der Waals surface area contributed by atoms with Crippen molar-refractivity contribution in [2.24, 2.45) is 0 Å². The summed E-state index contributed by atoms with van der Waals surface area (Å²) in [5.41, 5.74) is 0.0285. The Morgan fingerprint density at radius 2 is 1.69 bits per heavy atom. The van der Waals surface area contributed by atoms with E-state index in [-0.39, 0.29) is 23.3 Å². The molecule has 1 unspecified atom stereocenters. The van der Waals surface area contributed by atoms with Gasteiger partial charge in [-0.2, -0.15) is 0 Å². The first-order valence-electron chi connectivity index (χ1n) is 10.8. The maximum Gasteiger partial charge on any atom is 0.347 e. The van der Waals surface area contributed by atoms with E-state index in [1.54, 1.807) is 56.5 Å². The molecule has 3 aromatic rings. The standard InChI is InChI=1S/C25H26O7/c1-16(25(27)32-18-6-4-3-5-7-18)30-20-12-13-21-22(14-20)29-15-23(24(21)26)31-19-10-8-17(28-2)9-11-19/h8-16,18H,3-7H2,1-2H3. The molecule has 0 radical (unpaired) electrons. The highest BCUT2D eigenvalue weighted by molar-refractivity contribution is 5.79. The summed E-state index contributed by atoms with van der Waals surface area (Å²) in [5, 5.41) is 0.348. The van der Waals surface area contributed by atoms with E-state index in [0.717, 1.165) is 25.7 Å². The van der Waals surface area contributed by atoms with Crippen LogP contribution in [0, 0.1) is 0 Å². The summed E-state index contributed by atoms with van der Waals surface area (Å²) >= 11 is 0. The summed E-state index contributed by atoms with van der Waals surface area (Å²) in [6.45, 7) is 1.65. The first-order valence-corrected chi connectivity index (χ1v) is 10.8. The number of hydrogen-bond donors (Lipinski definition) is 0. The molecular weight excluding hydrogens is 412 g/mol. The van der Waals surface area contributed by atoms with Gasteiger partial charge in [-0.3, -0.25) is 4.79 Å². The molecule has 2 aromatic carbocycles. The van der Waals surface area contributed by atoms with E-state index < -0.39 is 6.10 Å². The molecule has 7 nitrogen and oxygen atoms in total. The Labute approximate surface area is 185 Å². The largest absolute Gasteiger partial charge is 0.497 e. The fourth-order valence-corrected chi connectivity index (χ4v) is 3.70. The van der Waals surface area contributed by atoms with Crippen molar-refractivity contribution in [3.8, 4) is 23.0 Å². The van der Waals surface area contributed by atoms with Gasteiger partial charge in [0.2, 0.25) is 11.2 Å². The molecule has 1 heterocycles. The number of methoxy groups -OCH3 is 1. The van der Waals surface area contributed by atoms with Crippen molar-refractivity contribution in [1.82, 2.24) is 0 Å². The molecule has 168 valence electrons. The Hall–Kier alpha value is -3.48. The molecule has 0 amide bonds. The molecule has 0 bridgehead atoms. The molecule has 1 fully saturated rings. The second-order valence-corrected chi connectivity index (χ2v) is 7.82. The van der Waals surface area contributed by atoms with Crippen molar-refractivity contribution in [1.29, 1.82) is 0 Å². The lowest BCUT2D eigenvalue weighted by Crippen LogP contribution is -2.31. The van der Waals surface area contributed by atoms with Crippen LogP contribution in [0.25, 0.3) is 11.0 Å². The average molecular weight is 438 g/mol. The van der Waals surface area contributed by atoms with Gasteiger partial charge in [0.1, 0.15) is 35.2 Å². The zero-order valence-electron chi connectivity index (χ0n) is 18.2. The van der Waals surface area contributed by atoms with Gasteiger partial charge in [0.25, 0.3) is 0 Å². The molecule has 4 rings (SSSR count). The van der Waals surface area contributed by atoms with Crippen molar-refractivity contribution in [3.63, 3.8) is 0 Å². The fourth-order valence-electron chi connectivity index (χ4n) is 3.70. The van der Waals surface area contributed by atoms with Crippen LogP contribution >= 0.6 is 0 Å². The molecule has 0 spiro atoms. The molecule has 1 aromatic heterocycles. The summed E-state index contributed by atoms with van der Waals surface area (Å²) in [6, 6.07) is 11.7. The lowest BCUT2D eigenvalue weighted by Gasteiger charge is -2.23. The van der Waals surface area contributed by atoms with Crippen LogP contribution in [0.4, 0.5) is 0 Å². The topological polar surface area (TPSA) is 84.2 Å². The van der Waals surface area contributed by atoms with Crippen LogP contribution < -0.4 is 19.6 Å². The maximum atomic E-state index is 12.8. The molecule has 1 aliphatic rings. The van der Waals surface area contributed by atoms with Gasteiger partial charge in [-0.1, -0.05) is 6.42 Å². The third kappa shape index (κ3) is 5.04. The minimum absolute atomic E-state index is 0.0268. The van der Waals surface area contributed by atoms with Gasteiger partial charge < -0.3 is 23.4 Å². The van der Waals surface area contributed by atoms with Crippen LogP contribution in [0.2, 0.25) is 0 Å². The Bertz CT molecular complexity index is 1130. The smallest absolute Gasteiger partial charge is 0.347 e. The Morgan fingerprint density at radius 1 is 1.00 bits per heavy atom. The normalized spacial score (nSPS) is 15.2. The van der Waals surface area contributed by atoms with Gasteiger partial charge in [0.05, 0.1) is 12.5 Å². The van der Waals surface area contributed by atoms with Gasteiger partial charge in [0.15, 0.2) is 6.10 Å². The number of benzene rings is 2. The summed E-state index contributed by atoms with van der Waals surface area (Å²) in [7, 11) is 1.58. The molecule has 0 N–H and O–H groups in total. The zero-order chi connectivity index (χ0) is 22.5. The first kappa shape index (κ1) is 21.7. The van der Waals surface area contributed by atoms with Gasteiger partial charge in [-0.15, -0.1) is 0 Å². The van der Waals surface area contributed by atoms with Gasteiger partial charge >= 0.3 is 5.97 Å². The Kier molecular flexibility index (Phi) is 6.63. The predicted molar refractivity (Wildman–Crippen MR) is 119 cm³/mol. The van der Waals surface area contributed by atoms with E-state index in [4.69, 9.17) is 23.4 Å². The lowest BCUT2D eigenvalue weighted by molar-refractivity contribution is -0.158. The molecule has 0 saturated heterocycles. The quantitative estimate of drug-likeness (QED) is 0.467. The fraction of sp³-hybridized carbons (Fsp3) is 0.360. The molecule has 32 heavy (non-hydrogen) atoms. The van der Waals surface area contributed by atoms with E-state index >= 15 is 0 Å². The highest BCUT2D eigenvalue weighted by Crippen LogP contribution is 2.26. The Balaban J connectivity index is 1.45. The molecular formula is C25H26O7. The number of esters is 1. The van der Waals surface area contributed by atoms with Crippen molar-refractivity contribution >= 4 is 16.9 Å². The number of carbonyl (C=O) groups excluding carboxylic acids is 1. The minimum atomic E-state index is -0.765. The number of fused-ring (bicyclic) bond motifs is 1. The second kappa shape index (κ2) is 9.77. The highest BCUT2D eigenvalue weighted by Gasteiger charge is 2.23. The van der Waals surface area contributed by atoms with Crippen molar-refractivity contribution < 1.29 is 28.2 Å². The third-order valence-corrected chi connectivity index (χ3v) is 5.48. The van der Waals surface area contributed by atoms with Crippen LogP contribution in [0.1, 0.15) is 39.0 Å². The van der Waals surface area contributed by atoms with Crippen LogP contribution in [0.5, 0.6) is 23.0 Å². The molecule has 1 aliphatic carbocycles. The molecule has 1 atom stereocenters. The van der Waals surface area contributed by atoms with Gasteiger partial charge in [-0.25, -0.2) is 4.79 Å². The summed E-state index contributed by atoms with van der Waals surface area (Å²) in [4.78, 5) is 25.1. The third-order valence-electron chi connectivity index (χ3n) is 5.48. The van der Waals surface area contributed by atoms with E-state index in [9.17, 15) is 9.59 Å². The second-order valence-electron chi connectivity index (χ2n) is 7.82. The molecule has 0 aliphatic heterocycles. The summed E-state index contributed by atoms with van der Waals surface area (Å²) in [6.07, 6.45) is 5.64.